The first-order valence-corrected chi connectivity index (χ1v) is 11.6. The summed E-state index contributed by atoms with van der Waals surface area (Å²) in [5.74, 6) is 0. The van der Waals surface area contributed by atoms with E-state index in [1.807, 2.05) is 18.3 Å². The third-order valence-corrected chi connectivity index (χ3v) is 7.56. The van der Waals surface area contributed by atoms with E-state index < -0.39 is 0 Å². The molecule has 0 radical (unpaired) electrons. The van der Waals surface area contributed by atoms with Crippen molar-refractivity contribution < 1.29 is 4.84 Å². The molecule has 0 amide bonds. The highest BCUT2D eigenvalue weighted by molar-refractivity contribution is 8.00. The van der Waals surface area contributed by atoms with Crippen LogP contribution in [0.15, 0.2) is 52.1 Å². The third kappa shape index (κ3) is 3.07. The van der Waals surface area contributed by atoms with Gasteiger partial charge in [-0.3, -0.25) is 9.88 Å². The highest BCUT2D eigenvalue weighted by Crippen LogP contribution is 2.47. The number of fused-ring (bicyclic) bond motifs is 3. The molecular formula is C21H22N4OS2. The summed E-state index contributed by atoms with van der Waals surface area (Å²) in [5.41, 5.74) is 5.39. The van der Waals surface area contributed by atoms with E-state index in [2.05, 4.69) is 50.3 Å². The third-order valence-electron chi connectivity index (χ3n) is 5.26. The molecule has 0 spiro atoms. The van der Waals surface area contributed by atoms with E-state index in [-0.39, 0.29) is 0 Å². The van der Waals surface area contributed by atoms with E-state index in [0.29, 0.717) is 6.61 Å². The molecule has 7 heteroatoms. The van der Waals surface area contributed by atoms with Crippen molar-refractivity contribution in [2.75, 3.05) is 32.5 Å². The predicted molar refractivity (Wildman–Crippen MR) is 116 cm³/mol. The van der Waals surface area contributed by atoms with Gasteiger partial charge in [0.1, 0.15) is 12.3 Å². The van der Waals surface area contributed by atoms with Crippen molar-refractivity contribution in [3.05, 3.63) is 53.3 Å². The number of thioether (sulfide) groups is 1. The molecule has 0 aromatic carbocycles. The molecule has 2 aliphatic rings. The summed E-state index contributed by atoms with van der Waals surface area (Å²) in [7, 11) is 0. The fourth-order valence-corrected chi connectivity index (χ4v) is 5.95. The first-order valence-electron chi connectivity index (χ1n) is 9.60. The Hall–Kier alpha value is -2.09. The molecule has 3 aromatic heterocycles. The fraction of sp³-hybridized carbons (Fsp3) is 0.333. The number of hydrogen-bond donors (Lipinski definition) is 0. The number of rotatable bonds is 6. The number of likely N-dealkylation sites (tertiary alicyclic amines) is 1. The maximum Gasteiger partial charge on any atom is 0.146 e. The van der Waals surface area contributed by atoms with Gasteiger partial charge in [0.25, 0.3) is 0 Å². The lowest BCUT2D eigenvalue weighted by Crippen LogP contribution is -2.23. The SMILES string of the molecule is CSc1sc2c(c1-c1ccccn1)-n1cccc1C2=NOCCN1CCCC1. The molecule has 0 unspecified atom stereocenters. The van der Waals surface area contributed by atoms with Crippen LogP contribution >= 0.6 is 23.1 Å². The lowest BCUT2D eigenvalue weighted by atomic mass is 10.1. The maximum atomic E-state index is 5.77. The van der Waals surface area contributed by atoms with Crippen molar-refractivity contribution in [3.63, 3.8) is 0 Å². The molecule has 5 heterocycles. The van der Waals surface area contributed by atoms with Gasteiger partial charge in [-0.2, -0.15) is 0 Å². The molecular weight excluding hydrogens is 388 g/mol. The fourth-order valence-electron chi connectivity index (χ4n) is 3.93. The van der Waals surface area contributed by atoms with Gasteiger partial charge >= 0.3 is 0 Å². The Bertz CT molecular complexity index is 1000. The highest BCUT2D eigenvalue weighted by atomic mass is 32.2. The average molecular weight is 411 g/mol. The zero-order valence-corrected chi connectivity index (χ0v) is 17.4. The van der Waals surface area contributed by atoms with Crippen molar-refractivity contribution in [3.8, 4) is 16.9 Å². The van der Waals surface area contributed by atoms with Crippen molar-refractivity contribution >= 4 is 28.8 Å². The average Bonchev–Trinajstić information content (AvgIpc) is 3.49. The Morgan fingerprint density at radius 2 is 2.11 bits per heavy atom. The van der Waals surface area contributed by atoms with Crippen molar-refractivity contribution in [1.82, 2.24) is 14.5 Å². The number of thiophene rings is 1. The number of hydrogen-bond acceptors (Lipinski definition) is 6. The topological polar surface area (TPSA) is 42.6 Å². The molecule has 0 saturated carbocycles. The van der Waals surface area contributed by atoms with Crippen LogP contribution in [0.25, 0.3) is 16.9 Å². The molecule has 0 atom stereocenters. The molecule has 1 fully saturated rings. The molecule has 5 nitrogen and oxygen atoms in total. The van der Waals surface area contributed by atoms with Gasteiger partial charge in [-0.15, -0.1) is 23.1 Å². The molecule has 0 aliphatic carbocycles. The number of aromatic nitrogens is 2. The van der Waals surface area contributed by atoms with E-state index in [9.17, 15) is 0 Å². The largest absolute Gasteiger partial charge is 0.394 e. The second-order valence-corrected chi connectivity index (χ2v) is 9.04. The second kappa shape index (κ2) is 7.73. The van der Waals surface area contributed by atoms with Crippen molar-refractivity contribution in [2.45, 2.75) is 17.1 Å². The summed E-state index contributed by atoms with van der Waals surface area (Å²) in [4.78, 5) is 14.0. The van der Waals surface area contributed by atoms with Crippen LogP contribution in [0.3, 0.4) is 0 Å². The van der Waals surface area contributed by atoms with Gasteiger partial charge < -0.3 is 9.40 Å². The van der Waals surface area contributed by atoms with Crippen LogP contribution in [0.1, 0.15) is 23.4 Å². The van der Waals surface area contributed by atoms with Crippen LogP contribution in [0.2, 0.25) is 0 Å². The van der Waals surface area contributed by atoms with Gasteiger partial charge in [0.2, 0.25) is 0 Å². The van der Waals surface area contributed by atoms with Gasteiger partial charge in [0, 0.05) is 24.5 Å². The van der Waals surface area contributed by atoms with Gasteiger partial charge in [-0.25, -0.2) is 0 Å². The van der Waals surface area contributed by atoms with Crippen LogP contribution in [-0.4, -0.2) is 52.7 Å². The minimum Gasteiger partial charge on any atom is -0.394 e. The van der Waals surface area contributed by atoms with E-state index >= 15 is 0 Å². The minimum absolute atomic E-state index is 0.632. The van der Waals surface area contributed by atoms with Gasteiger partial charge in [-0.05, 0) is 56.5 Å². The molecule has 144 valence electrons. The quantitative estimate of drug-likeness (QED) is 0.267. The first kappa shape index (κ1) is 18.0. The van der Waals surface area contributed by atoms with E-state index in [1.54, 1.807) is 23.1 Å². The van der Waals surface area contributed by atoms with Crippen molar-refractivity contribution in [2.24, 2.45) is 5.16 Å². The number of nitrogens with zero attached hydrogens (tertiary/aromatic N) is 4. The molecule has 3 aromatic rings. The van der Waals surface area contributed by atoms with Crippen LogP contribution in [-0.2, 0) is 4.84 Å². The Kier molecular flexibility index (Phi) is 4.96. The monoisotopic (exact) mass is 410 g/mol. The molecule has 0 bridgehead atoms. The standard InChI is InChI=1S/C21H22N4OS2/c1-27-21-17(15-7-2-3-9-22-15)19-20(28-21)18(16-8-6-12-25(16)19)23-26-14-13-24-10-4-5-11-24/h2-3,6-9,12H,4-5,10-11,13-14H2,1H3. The molecule has 5 rings (SSSR count). The first-order chi connectivity index (χ1) is 13.9. The highest BCUT2D eigenvalue weighted by Gasteiger charge is 2.33. The number of pyridine rings is 1. The van der Waals surface area contributed by atoms with E-state index in [4.69, 9.17) is 4.84 Å². The summed E-state index contributed by atoms with van der Waals surface area (Å²) < 4.78 is 3.48. The lowest BCUT2D eigenvalue weighted by Gasteiger charge is -2.12. The Morgan fingerprint density at radius 3 is 2.89 bits per heavy atom. The van der Waals surface area contributed by atoms with Gasteiger partial charge in [-0.1, -0.05) is 11.2 Å². The molecule has 28 heavy (non-hydrogen) atoms. The maximum absolute atomic E-state index is 5.77. The van der Waals surface area contributed by atoms with E-state index in [0.717, 1.165) is 23.6 Å². The summed E-state index contributed by atoms with van der Waals surface area (Å²) in [5, 5.41) is 4.57. The molecule has 2 aliphatic heterocycles. The Labute approximate surface area is 173 Å². The normalized spacial score (nSPS) is 17.2. The van der Waals surface area contributed by atoms with Crippen LogP contribution < -0.4 is 0 Å². The minimum atomic E-state index is 0.632. The van der Waals surface area contributed by atoms with Gasteiger partial charge in [0.05, 0.1) is 26.2 Å². The Morgan fingerprint density at radius 1 is 1.21 bits per heavy atom. The predicted octanol–water partition coefficient (Wildman–Crippen LogP) is 4.50. The zero-order valence-electron chi connectivity index (χ0n) is 15.8. The summed E-state index contributed by atoms with van der Waals surface area (Å²) in [6.45, 7) is 3.95. The molecule has 0 N–H and O–H groups in total. The van der Waals surface area contributed by atoms with E-state index in [1.165, 1.54) is 46.3 Å². The summed E-state index contributed by atoms with van der Waals surface area (Å²) >= 11 is 3.54. The lowest BCUT2D eigenvalue weighted by molar-refractivity contribution is 0.119. The van der Waals surface area contributed by atoms with Crippen LogP contribution in [0.4, 0.5) is 0 Å². The summed E-state index contributed by atoms with van der Waals surface area (Å²) in [6, 6.07) is 10.2. The van der Waals surface area contributed by atoms with Crippen molar-refractivity contribution in [1.29, 1.82) is 0 Å². The Balaban J connectivity index is 1.49. The van der Waals surface area contributed by atoms with Crippen LogP contribution in [0, 0.1) is 0 Å². The molecule has 1 saturated heterocycles. The van der Waals surface area contributed by atoms with Crippen LogP contribution in [0.5, 0.6) is 0 Å². The van der Waals surface area contributed by atoms with Gasteiger partial charge in [0.15, 0.2) is 0 Å². The smallest absolute Gasteiger partial charge is 0.146 e. The number of oxime groups is 1. The second-order valence-electron chi connectivity index (χ2n) is 6.95. The summed E-state index contributed by atoms with van der Waals surface area (Å²) in [6.07, 6.45) is 8.67. The zero-order chi connectivity index (χ0) is 18.9.